The van der Waals surface area contributed by atoms with Crippen molar-refractivity contribution in [3.8, 4) is 5.75 Å². The van der Waals surface area contributed by atoms with Crippen molar-refractivity contribution in [3.63, 3.8) is 0 Å². The molecule has 1 atom stereocenters. The normalized spacial score (nSPS) is 12.2. The van der Waals surface area contributed by atoms with Crippen LogP contribution in [0.25, 0.3) is 0 Å². The molecule has 0 unspecified atom stereocenters. The second-order valence-corrected chi connectivity index (χ2v) is 9.06. The molecular weight excluding hydrogens is 448 g/mol. The number of carboxylic acids is 1. The molecule has 0 bridgehead atoms. The van der Waals surface area contributed by atoms with E-state index in [4.69, 9.17) is 33.7 Å². The summed E-state index contributed by atoms with van der Waals surface area (Å²) in [6, 6.07) is 11.9. The number of carboxylic acid groups (broad SMARTS) is 1. The van der Waals surface area contributed by atoms with E-state index in [-0.39, 0.29) is 4.90 Å². The largest absolute Gasteiger partial charge is 0.482 e. The average Bonchev–Trinajstić information content (AvgIpc) is 2.70. The van der Waals surface area contributed by atoms with E-state index in [1.165, 1.54) is 24.3 Å². The number of halogens is 1. The van der Waals surface area contributed by atoms with Gasteiger partial charge in [0.25, 0.3) is 0 Å². The summed E-state index contributed by atoms with van der Waals surface area (Å²) >= 11 is 11.3. The Hall–Kier alpha value is -2.20. The van der Waals surface area contributed by atoms with Gasteiger partial charge in [-0.1, -0.05) is 43.6 Å². The highest BCUT2D eigenvalue weighted by molar-refractivity contribution is 7.89. The quantitative estimate of drug-likeness (QED) is 0.425. The number of unbranched alkanes of at least 4 members (excludes halogenated alkanes) is 1. The van der Waals surface area contributed by atoms with E-state index in [0.29, 0.717) is 27.9 Å². The molecule has 0 saturated heterocycles. The van der Waals surface area contributed by atoms with Crippen molar-refractivity contribution >= 4 is 50.5 Å². The zero-order valence-electron chi connectivity index (χ0n) is 16.3. The van der Waals surface area contributed by atoms with Crippen LogP contribution in [0.1, 0.15) is 26.2 Å². The van der Waals surface area contributed by atoms with Crippen LogP contribution in [-0.2, 0) is 14.8 Å². The zero-order chi connectivity index (χ0) is 22.1. The Balaban J connectivity index is 2.09. The predicted molar refractivity (Wildman–Crippen MR) is 121 cm³/mol. The molecule has 0 saturated carbocycles. The smallest absolute Gasteiger partial charge is 0.341 e. The highest BCUT2D eigenvalue weighted by Crippen LogP contribution is 2.18. The Morgan fingerprint density at radius 1 is 1.17 bits per heavy atom. The Bertz CT molecular complexity index is 964. The van der Waals surface area contributed by atoms with Crippen molar-refractivity contribution in [1.82, 2.24) is 4.72 Å². The molecule has 0 aliphatic carbocycles. The number of hydrogen-bond acceptors (Lipinski definition) is 5. The number of benzene rings is 2. The highest BCUT2D eigenvalue weighted by atomic mass is 35.5. The molecule has 2 aromatic rings. The number of rotatable bonds is 11. The first-order valence-electron chi connectivity index (χ1n) is 9.24. The minimum Gasteiger partial charge on any atom is -0.482 e. The summed E-state index contributed by atoms with van der Waals surface area (Å²) in [5, 5.41) is 12.1. The van der Waals surface area contributed by atoms with Crippen LogP contribution in [0.5, 0.6) is 5.75 Å². The Kier molecular flexibility index (Phi) is 9.04. The van der Waals surface area contributed by atoms with Gasteiger partial charge in [-0.2, -0.15) is 0 Å². The molecule has 7 nitrogen and oxygen atoms in total. The number of sulfonamides is 1. The number of carbonyl (C=O) groups is 1. The third-order valence-corrected chi connectivity index (χ3v) is 6.19. The lowest BCUT2D eigenvalue weighted by atomic mass is 10.1. The molecule has 0 fully saturated rings. The number of nitrogens with one attached hydrogen (secondary N) is 2. The van der Waals surface area contributed by atoms with Crippen LogP contribution in [0, 0.1) is 0 Å². The first-order chi connectivity index (χ1) is 14.2. The minimum absolute atomic E-state index is 0.108. The Labute approximate surface area is 186 Å². The fourth-order valence-electron chi connectivity index (χ4n) is 2.53. The Morgan fingerprint density at radius 3 is 2.37 bits per heavy atom. The van der Waals surface area contributed by atoms with Crippen molar-refractivity contribution in [2.24, 2.45) is 0 Å². The molecule has 0 aromatic heterocycles. The van der Waals surface area contributed by atoms with E-state index < -0.39 is 28.6 Å². The molecule has 0 heterocycles. The van der Waals surface area contributed by atoms with Gasteiger partial charge in [0.1, 0.15) is 5.75 Å². The van der Waals surface area contributed by atoms with Crippen molar-refractivity contribution in [2.75, 3.05) is 11.9 Å². The third-order valence-electron chi connectivity index (χ3n) is 4.07. The summed E-state index contributed by atoms with van der Waals surface area (Å²) < 4.78 is 33.2. The molecule has 10 heteroatoms. The summed E-state index contributed by atoms with van der Waals surface area (Å²) in [6.45, 7) is 1.58. The van der Waals surface area contributed by atoms with Gasteiger partial charge in [0.15, 0.2) is 6.61 Å². The number of anilines is 1. The van der Waals surface area contributed by atoms with Crippen LogP contribution in [-0.4, -0.2) is 37.1 Å². The molecule has 0 spiro atoms. The fraction of sp³-hybridized carbons (Fsp3) is 0.300. The van der Waals surface area contributed by atoms with Crippen molar-refractivity contribution in [3.05, 3.63) is 53.6 Å². The highest BCUT2D eigenvalue weighted by Gasteiger charge is 2.23. The Morgan fingerprint density at radius 2 is 1.80 bits per heavy atom. The first-order valence-corrected chi connectivity index (χ1v) is 11.5. The lowest BCUT2D eigenvalue weighted by Crippen LogP contribution is -2.42. The number of ether oxygens (including phenoxy) is 1. The van der Waals surface area contributed by atoms with Gasteiger partial charge in [-0.05, 0) is 55.0 Å². The predicted octanol–water partition coefficient (Wildman–Crippen LogP) is 4.08. The molecule has 2 aromatic carbocycles. The van der Waals surface area contributed by atoms with E-state index in [1.54, 1.807) is 24.3 Å². The molecule has 0 aliphatic heterocycles. The minimum atomic E-state index is -3.78. The van der Waals surface area contributed by atoms with Gasteiger partial charge < -0.3 is 15.2 Å². The molecule has 2 rings (SSSR count). The SMILES string of the molecule is CCCC[C@H](NS(=O)(=O)c1ccc(Cl)cc1)C(=S)Nc1ccc(OCC(=O)O)cc1. The molecule has 0 amide bonds. The topological polar surface area (TPSA) is 105 Å². The van der Waals surface area contributed by atoms with Crippen molar-refractivity contribution in [2.45, 2.75) is 37.1 Å². The molecule has 3 N–H and O–H groups in total. The number of aliphatic carboxylic acids is 1. The molecule has 0 radical (unpaired) electrons. The van der Waals surface area contributed by atoms with Crippen LogP contribution in [0.2, 0.25) is 5.02 Å². The molecule has 30 heavy (non-hydrogen) atoms. The van der Waals surface area contributed by atoms with Gasteiger partial charge in [-0.3, -0.25) is 0 Å². The van der Waals surface area contributed by atoms with Gasteiger partial charge in [-0.15, -0.1) is 0 Å². The van der Waals surface area contributed by atoms with Gasteiger partial charge in [0, 0.05) is 10.7 Å². The fourth-order valence-corrected chi connectivity index (χ4v) is 4.27. The number of thiocarbonyl (C=S) groups is 1. The monoisotopic (exact) mass is 470 g/mol. The molecule has 0 aliphatic rings. The lowest BCUT2D eigenvalue weighted by Gasteiger charge is -2.21. The lowest BCUT2D eigenvalue weighted by molar-refractivity contribution is -0.139. The van der Waals surface area contributed by atoms with E-state index in [1.807, 2.05) is 6.92 Å². The number of hydrogen-bond donors (Lipinski definition) is 3. The molecular formula is C20H23ClN2O5S2. The summed E-state index contributed by atoms with van der Waals surface area (Å²) in [6.07, 6.45) is 2.21. The van der Waals surface area contributed by atoms with Crippen molar-refractivity contribution < 1.29 is 23.1 Å². The van der Waals surface area contributed by atoms with Gasteiger partial charge in [0.05, 0.1) is 15.9 Å². The maximum Gasteiger partial charge on any atom is 0.341 e. The van der Waals surface area contributed by atoms with Crippen LogP contribution in [0.15, 0.2) is 53.4 Å². The zero-order valence-corrected chi connectivity index (χ0v) is 18.7. The summed E-state index contributed by atoms with van der Waals surface area (Å²) in [4.78, 5) is 11.0. The van der Waals surface area contributed by atoms with Crippen LogP contribution in [0.3, 0.4) is 0 Å². The summed E-state index contributed by atoms with van der Waals surface area (Å²) in [5.41, 5.74) is 0.634. The molecule has 162 valence electrons. The summed E-state index contributed by atoms with van der Waals surface area (Å²) in [5.74, 6) is -0.662. The van der Waals surface area contributed by atoms with Crippen LogP contribution in [0.4, 0.5) is 5.69 Å². The maximum atomic E-state index is 12.7. The van der Waals surface area contributed by atoms with E-state index in [0.717, 1.165) is 12.8 Å². The first kappa shape index (κ1) is 24.1. The summed E-state index contributed by atoms with van der Waals surface area (Å²) in [7, 11) is -3.78. The second kappa shape index (κ2) is 11.3. The maximum absolute atomic E-state index is 12.7. The van der Waals surface area contributed by atoms with Crippen LogP contribution < -0.4 is 14.8 Å². The van der Waals surface area contributed by atoms with Gasteiger partial charge in [0.2, 0.25) is 10.0 Å². The van der Waals surface area contributed by atoms with E-state index in [9.17, 15) is 13.2 Å². The second-order valence-electron chi connectivity index (χ2n) is 6.47. The van der Waals surface area contributed by atoms with Crippen LogP contribution >= 0.6 is 23.8 Å². The van der Waals surface area contributed by atoms with Gasteiger partial charge >= 0.3 is 5.97 Å². The van der Waals surface area contributed by atoms with E-state index in [2.05, 4.69) is 10.0 Å². The van der Waals surface area contributed by atoms with Crippen molar-refractivity contribution in [1.29, 1.82) is 0 Å². The van der Waals surface area contributed by atoms with Gasteiger partial charge in [-0.25, -0.2) is 17.9 Å². The average molecular weight is 471 g/mol. The van der Waals surface area contributed by atoms with E-state index >= 15 is 0 Å². The standard InChI is InChI=1S/C20H23ClN2O5S2/c1-2-3-4-18(23-30(26,27)17-11-5-14(21)6-12-17)20(29)22-15-7-9-16(10-8-15)28-13-19(24)25/h5-12,18,23H,2-4,13H2,1H3,(H,22,29)(H,24,25)/t18-/m0/s1. The third kappa shape index (κ3) is 7.56.